The van der Waals surface area contributed by atoms with Gasteiger partial charge in [-0.05, 0) is 18.1 Å². The average molecular weight is 480 g/mol. The first kappa shape index (κ1) is 24.8. The molecule has 10 heteroatoms. The van der Waals surface area contributed by atoms with Gasteiger partial charge in [-0.2, -0.15) is 0 Å². The van der Waals surface area contributed by atoms with E-state index in [4.69, 9.17) is 0 Å². The van der Waals surface area contributed by atoms with E-state index in [1.165, 1.54) is 30.0 Å². The number of Topliss-reactive ketones (excluding diaryl/α,β-unsaturated/α-hetero) is 1. The van der Waals surface area contributed by atoms with Gasteiger partial charge >= 0.3 is 0 Å². The predicted molar refractivity (Wildman–Crippen MR) is 130 cm³/mol. The van der Waals surface area contributed by atoms with Gasteiger partial charge in [-0.15, -0.1) is 16.8 Å². The van der Waals surface area contributed by atoms with Crippen molar-refractivity contribution in [1.29, 1.82) is 0 Å². The number of non-ortho nitro benzene ring substituents is 1. The van der Waals surface area contributed by atoms with E-state index < -0.39 is 11.0 Å². The maximum Gasteiger partial charge on any atom is 0.270 e. The Balaban J connectivity index is 1.80. The normalized spacial score (nSPS) is 11.7. The summed E-state index contributed by atoms with van der Waals surface area (Å²) in [5, 5.41) is 23.1. The molecule has 0 unspecified atom stereocenters. The van der Waals surface area contributed by atoms with Crippen molar-refractivity contribution in [2.45, 2.75) is 31.6 Å². The Morgan fingerprint density at radius 1 is 1.15 bits per heavy atom. The second-order valence-corrected chi connectivity index (χ2v) is 8.76. The van der Waals surface area contributed by atoms with Gasteiger partial charge in [0.1, 0.15) is 0 Å². The first-order valence-corrected chi connectivity index (χ1v) is 11.6. The SMILES string of the molecule is C=CCn1c(SCC(=O)c2cccc([N+](=O)[O-])c2)nnc1[C@@H](NC(=O)c1ccccc1)C(C)C. The molecule has 9 nitrogen and oxygen atoms in total. The van der Waals surface area contributed by atoms with E-state index in [0.29, 0.717) is 23.1 Å². The summed E-state index contributed by atoms with van der Waals surface area (Å²) in [6, 6.07) is 14.1. The minimum absolute atomic E-state index is 0.0183. The Bertz CT molecular complexity index is 1190. The molecule has 34 heavy (non-hydrogen) atoms. The van der Waals surface area contributed by atoms with Crippen LogP contribution in [0.15, 0.2) is 72.4 Å². The molecule has 0 aliphatic rings. The number of carbonyl (C=O) groups is 2. The summed E-state index contributed by atoms with van der Waals surface area (Å²) in [7, 11) is 0. The molecule has 3 rings (SSSR count). The van der Waals surface area contributed by atoms with Crippen molar-refractivity contribution < 1.29 is 14.5 Å². The number of hydrogen-bond donors (Lipinski definition) is 1. The summed E-state index contributed by atoms with van der Waals surface area (Å²) >= 11 is 1.18. The first-order chi connectivity index (χ1) is 16.3. The number of rotatable bonds is 11. The molecule has 0 saturated heterocycles. The van der Waals surface area contributed by atoms with Gasteiger partial charge in [-0.3, -0.25) is 19.7 Å². The van der Waals surface area contributed by atoms with Crippen LogP contribution in [0.5, 0.6) is 0 Å². The number of nitro benzene ring substituents is 1. The number of aromatic nitrogens is 3. The molecule has 0 aliphatic carbocycles. The first-order valence-electron chi connectivity index (χ1n) is 10.6. The number of carbonyl (C=O) groups excluding carboxylic acids is 2. The van der Waals surface area contributed by atoms with Crippen molar-refractivity contribution in [1.82, 2.24) is 20.1 Å². The molecular weight excluding hydrogens is 454 g/mol. The lowest BCUT2D eigenvalue weighted by molar-refractivity contribution is -0.384. The van der Waals surface area contributed by atoms with Crippen molar-refractivity contribution in [3.05, 3.63) is 94.3 Å². The van der Waals surface area contributed by atoms with E-state index in [1.807, 2.05) is 24.5 Å². The number of thioether (sulfide) groups is 1. The number of ketones is 1. The lowest BCUT2D eigenvalue weighted by Gasteiger charge is -2.22. The highest BCUT2D eigenvalue weighted by Gasteiger charge is 2.26. The van der Waals surface area contributed by atoms with E-state index in [9.17, 15) is 19.7 Å². The summed E-state index contributed by atoms with van der Waals surface area (Å²) in [5.41, 5.74) is 0.661. The Morgan fingerprint density at radius 3 is 2.50 bits per heavy atom. The number of hydrogen-bond acceptors (Lipinski definition) is 7. The molecule has 1 atom stereocenters. The lowest BCUT2D eigenvalue weighted by atomic mass is 10.0. The molecule has 0 aliphatic heterocycles. The summed E-state index contributed by atoms with van der Waals surface area (Å²) in [6.45, 7) is 8.13. The highest BCUT2D eigenvalue weighted by atomic mass is 32.2. The van der Waals surface area contributed by atoms with Crippen molar-refractivity contribution in [3.8, 4) is 0 Å². The van der Waals surface area contributed by atoms with Crippen LogP contribution in [0.2, 0.25) is 0 Å². The lowest BCUT2D eigenvalue weighted by Crippen LogP contribution is -2.33. The summed E-state index contributed by atoms with van der Waals surface area (Å²) in [5.74, 6) is 0.122. The number of nitrogens with one attached hydrogen (secondary N) is 1. The van der Waals surface area contributed by atoms with Gasteiger partial charge in [-0.25, -0.2) is 0 Å². The molecule has 0 bridgehead atoms. The van der Waals surface area contributed by atoms with Gasteiger partial charge in [-0.1, -0.05) is 62.0 Å². The zero-order valence-corrected chi connectivity index (χ0v) is 19.7. The number of benzene rings is 2. The number of allylic oxidation sites excluding steroid dienone is 1. The highest BCUT2D eigenvalue weighted by Crippen LogP contribution is 2.26. The van der Waals surface area contributed by atoms with Gasteiger partial charge < -0.3 is 9.88 Å². The van der Waals surface area contributed by atoms with E-state index >= 15 is 0 Å². The topological polar surface area (TPSA) is 120 Å². The summed E-state index contributed by atoms with van der Waals surface area (Å²) < 4.78 is 1.81. The van der Waals surface area contributed by atoms with E-state index in [2.05, 4.69) is 22.1 Å². The van der Waals surface area contributed by atoms with Crippen molar-refractivity contribution in [2.75, 3.05) is 5.75 Å². The van der Waals surface area contributed by atoms with Gasteiger partial charge in [0, 0.05) is 29.8 Å². The quantitative estimate of drug-likeness (QED) is 0.142. The van der Waals surface area contributed by atoms with Crippen molar-refractivity contribution in [3.63, 3.8) is 0 Å². The van der Waals surface area contributed by atoms with Crippen LogP contribution in [-0.2, 0) is 6.54 Å². The molecule has 1 heterocycles. The summed E-state index contributed by atoms with van der Waals surface area (Å²) in [6.07, 6.45) is 1.69. The number of nitro groups is 1. The van der Waals surface area contributed by atoms with Crippen LogP contribution in [0, 0.1) is 16.0 Å². The van der Waals surface area contributed by atoms with E-state index in [0.717, 1.165) is 0 Å². The molecule has 2 aromatic carbocycles. The zero-order valence-electron chi connectivity index (χ0n) is 18.9. The predicted octanol–water partition coefficient (Wildman–Crippen LogP) is 4.47. The third-order valence-electron chi connectivity index (χ3n) is 5.04. The maximum absolute atomic E-state index is 12.8. The van der Waals surface area contributed by atoms with E-state index in [-0.39, 0.29) is 34.6 Å². The smallest absolute Gasteiger partial charge is 0.270 e. The molecule has 1 N–H and O–H groups in total. The van der Waals surface area contributed by atoms with Gasteiger partial charge in [0.05, 0.1) is 16.7 Å². The van der Waals surface area contributed by atoms with Gasteiger partial charge in [0.15, 0.2) is 16.8 Å². The fourth-order valence-corrected chi connectivity index (χ4v) is 4.14. The van der Waals surface area contributed by atoms with Crippen LogP contribution < -0.4 is 5.32 Å². The van der Waals surface area contributed by atoms with Crippen LogP contribution in [0.4, 0.5) is 5.69 Å². The molecule has 176 valence electrons. The van der Waals surface area contributed by atoms with Crippen LogP contribution in [-0.4, -0.2) is 37.1 Å². The molecule has 0 saturated carbocycles. The molecule has 1 amide bonds. The molecule has 3 aromatic rings. The van der Waals surface area contributed by atoms with Gasteiger partial charge in [0.25, 0.3) is 11.6 Å². The minimum atomic E-state index is -0.535. The van der Waals surface area contributed by atoms with Crippen molar-refractivity contribution >= 4 is 29.1 Å². The second-order valence-electron chi connectivity index (χ2n) is 7.82. The Hall–Kier alpha value is -3.79. The fraction of sp³-hybridized carbons (Fsp3) is 0.250. The van der Waals surface area contributed by atoms with Crippen LogP contribution in [0.1, 0.15) is 46.4 Å². The van der Waals surface area contributed by atoms with Crippen LogP contribution in [0.25, 0.3) is 0 Å². The minimum Gasteiger partial charge on any atom is -0.342 e. The Labute approximate surface area is 201 Å². The molecule has 0 fully saturated rings. The third-order valence-corrected chi connectivity index (χ3v) is 6.00. The number of nitrogens with zero attached hydrogens (tertiary/aromatic N) is 4. The van der Waals surface area contributed by atoms with E-state index in [1.54, 1.807) is 36.4 Å². The molecular formula is C24H25N5O4S. The monoisotopic (exact) mass is 479 g/mol. The maximum atomic E-state index is 12.8. The Kier molecular flexibility index (Phi) is 8.31. The molecule has 0 spiro atoms. The largest absolute Gasteiger partial charge is 0.342 e. The second kappa shape index (κ2) is 11.4. The average Bonchev–Trinajstić information content (AvgIpc) is 3.23. The van der Waals surface area contributed by atoms with Crippen LogP contribution >= 0.6 is 11.8 Å². The summed E-state index contributed by atoms with van der Waals surface area (Å²) in [4.78, 5) is 35.9. The zero-order chi connectivity index (χ0) is 24.7. The Morgan fingerprint density at radius 2 is 1.85 bits per heavy atom. The fourth-order valence-electron chi connectivity index (χ4n) is 3.29. The van der Waals surface area contributed by atoms with Crippen LogP contribution in [0.3, 0.4) is 0 Å². The highest BCUT2D eigenvalue weighted by molar-refractivity contribution is 7.99. The van der Waals surface area contributed by atoms with Gasteiger partial charge in [0.2, 0.25) is 0 Å². The molecule has 1 aromatic heterocycles. The third kappa shape index (κ3) is 5.96. The number of amides is 1. The molecule has 0 radical (unpaired) electrons. The standard InChI is InChI=1S/C24H25N5O4S/c1-4-13-28-22(21(16(2)3)25-23(31)17-9-6-5-7-10-17)26-27-24(28)34-15-20(30)18-11-8-12-19(14-18)29(32)33/h4-12,14,16,21H,1,13,15H2,2-3H3,(H,25,31)/t21-/m0/s1. The van der Waals surface area contributed by atoms with Crippen molar-refractivity contribution in [2.24, 2.45) is 5.92 Å².